The highest BCUT2D eigenvalue weighted by molar-refractivity contribution is 9.10. The van der Waals surface area contributed by atoms with Gasteiger partial charge < -0.3 is 10.4 Å². The first kappa shape index (κ1) is 16.8. The van der Waals surface area contributed by atoms with Crippen LogP contribution in [0.15, 0.2) is 58.6 Å². The van der Waals surface area contributed by atoms with Crippen LogP contribution in [0.25, 0.3) is 5.76 Å². The van der Waals surface area contributed by atoms with Crippen molar-refractivity contribution < 1.29 is 19.6 Å². The lowest BCUT2D eigenvalue weighted by atomic mass is 9.96. The van der Waals surface area contributed by atoms with Gasteiger partial charge >= 0.3 is 0 Å². The van der Waals surface area contributed by atoms with Crippen LogP contribution in [0.3, 0.4) is 0 Å². The number of nitro groups is 1. The van der Waals surface area contributed by atoms with Gasteiger partial charge in [0.15, 0.2) is 0 Å². The summed E-state index contributed by atoms with van der Waals surface area (Å²) in [5, 5.41) is 23.8. The molecule has 1 heterocycles. The van der Waals surface area contributed by atoms with E-state index < -0.39 is 22.7 Å². The predicted molar refractivity (Wildman–Crippen MR) is 92.7 cm³/mol. The first-order valence-electron chi connectivity index (χ1n) is 7.17. The van der Waals surface area contributed by atoms with Gasteiger partial charge in [0.1, 0.15) is 5.76 Å². The van der Waals surface area contributed by atoms with E-state index in [0.717, 1.165) is 4.47 Å². The molecule has 0 bridgehead atoms. The zero-order chi connectivity index (χ0) is 18.1. The SMILES string of the molecule is O=C1N[C@@H](c2ccc([N+](=O)[O-])cc2)C(=C(O)c2ccc(Br)cc2)C1=O. The number of carbonyl (C=O) groups excluding carboxylic acids is 2. The zero-order valence-corrected chi connectivity index (χ0v) is 14.2. The fourth-order valence-electron chi connectivity index (χ4n) is 2.57. The number of nitrogens with one attached hydrogen (secondary N) is 1. The number of halogens is 1. The van der Waals surface area contributed by atoms with Crippen LogP contribution in [0.5, 0.6) is 0 Å². The number of aliphatic hydroxyl groups excluding tert-OH is 1. The summed E-state index contributed by atoms with van der Waals surface area (Å²) >= 11 is 3.28. The fourth-order valence-corrected chi connectivity index (χ4v) is 2.83. The van der Waals surface area contributed by atoms with E-state index in [1.54, 1.807) is 24.3 Å². The fraction of sp³-hybridized carbons (Fsp3) is 0.0588. The number of ketones is 1. The summed E-state index contributed by atoms with van der Waals surface area (Å²) in [5.74, 6) is -1.97. The van der Waals surface area contributed by atoms with E-state index >= 15 is 0 Å². The summed E-state index contributed by atoms with van der Waals surface area (Å²) in [6.07, 6.45) is 0. The number of non-ortho nitro benzene ring substituents is 1. The molecule has 0 spiro atoms. The first-order chi connectivity index (χ1) is 11.9. The standard InChI is InChI=1S/C17H11BrN2O5/c18-11-5-1-10(2-6-11)15(21)13-14(19-17(23)16(13)22)9-3-7-12(8-4-9)20(24)25/h1-8,14,21H,(H,19,23)/t14-/m0/s1. The molecule has 0 unspecified atom stereocenters. The molecule has 0 radical (unpaired) electrons. The molecular weight excluding hydrogens is 392 g/mol. The molecule has 1 aliphatic heterocycles. The van der Waals surface area contributed by atoms with Crippen LogP contribution in [-0.4, -0.2) is 21.7 Å². The van der Waals surface area contributed by atoms with Crippen molar-refractivity contribution >= 4 is 39.1 Å². The number of aliphatic hydroxyl groups is 1. The Labute approximate surface area is 150 Å². The average molecular weight is 403 g/mol. The number of hydrogen-bond acceptors (Lipinski definition) is 5. The number of carbonyl (C=O) groups is 2. The largest absolute Gasteiger partial charge is 0.507 e. The Hall–Kier alpha value is -3.00. The first-order valence-corrected chi connectivity index (χ1v) is 7.96. The van der Waals surface area contributed by atoms with Gasteiger partial charge in [0.2, 0.25) is 0 Å². The minimum absolute atomic E-state index is 0.0822. The molecule has 2 N–H and O–H groups in total. The average Bonchev–Trinajstić information content (AvgIpc) is 2.90. The van der Waals surface area contributed by atoms with Gasteiger partial charge in [-0.3, -0.25) is 19.7 Å². The van der Waals surface area contributed by atoms with Crippen molar-refractivity contribution in [2.45, 2.75) is 6.04 Å². The molecule has 126 valence electrons. The summed E-state index contributed by atoms with van der Waals surface area (Å²) in [7, 11) is 0. The van der Waals surface area contributed by atoms with Crippen molar-refractivity contribution in [2.75, 3.05) is 0 Å². The molecule has 1 fully saturated rings. The van der Waals surface area contributed by atoms with E-state index in [2.05, 4.69) is 21.2 Å². The molecule has 1 saturated heterocycles. The Morgan fingerprint density at radius 3 is 2.24 bits per heavy atom. The van der Waals surface area contributed by atoms with Crippen LogP contribution < -0.4 is 5.32 Å². The number of hydrogen-bond donors (Lipinski definition) is 2. The summed E-state index contributed by atoms with van der Waals surface area (Å²) in [6, 6.07) is 11.2. The maximum atomic E-state index is 12.2. The molecule has 3 rings (SSSR count). The summed E-state index contributed by atoms with van der Waals surface area (Å²) in [4.78, 5) is 34.2. The minimum atomic E-state index is -0.871. The third-order valence-corrected chi connectivity index (χ3v) is 4.35. The number of rotatable bonds is 3. The van der Waals surface area contributed by atoms with Crippen molar-refractivity contribution in [1.82, 2.24) is 5.32 Å². The molecule has 1 amide bonds. The molecule has 2 aromatic carbocycles. The Morgan fingerprint density at radius 1 is 1.08 bits per heavy atom. The lowest BCUT2D eigenvalue weighted by Crippen LogP contribution is -2.21. The number of benzene rings is 2. The normalized spacial score (nSPS) is 18.8. The second-order valence-electron chi connectivity index (χ2n) is 5.35. The van der Waals surface area contributed by atoms with Gasteiger partial charge in [0.25, 0.3) is 17.4 Å². The van der Waals surface area contributed by atoms with Gasteiger partial charge in [0, 0.05) is 22.2 Å². The molecule has 0 saturated carbocycles. The third-order valence-electron chi connectivity index (χ3n) is 3.82. The molecule has 0 aromatic heterocycles. The number of Topliss-reactive ketones (excluding diaryl/α,β-unsaturated/α-hetero) is 1. The molecule has 1 aliphatic rings. The van der Waals surface area contributed by atoms with Crippen LogP contribution in [0.1, 0.15) is 17.2 Å². The number of amides is 1. The van der Waals surface area contributed by atoms with E-state index in [1.807, 2.05) is 0 Å². The van der Waals surface area contributed by atoms with E-state index in [9.17, 15) is 24.8 Å². The third kappa shape index (κ3) is 3.16. The molecule has 8 heteroatoms. The Balaban J connectivity index is 2.07. The maximum absolute atomic E-state index is 12.2. The predicted octanol–water partition coefficient (Wildman–Crippen LogP) is 3.07. The highest BCUT2D eigenvalue weighted by atomic mass is 79.9. The van der Waals surface area contributed by atoms with E-state index in [1.165, 1.54) is 24.3 Å². The lowest BCUT2D eigenvalue weighted by molar-refractivity contribution is -0.384. The highest BCUT2D eigenvalue weighted by Gasteiger charge is 2.39. The monoisotopic (exact) mass is 402 g/mol. The van der Waals surface area contributed by atoms with E-state index in [4.69, 9.17) is 0 Å². The van der Waals surface area contributed by atoms with Gasteiger partial charge in [0.05, 0.1) is 16.5 Å². The van der Waals surface area contributed by atoms with Crippen LogP contribution >= 0.6 is 15.9 Å². The van der Waals surface area contributed by atoms with E-state index in [-0.39, 0.29) is 17.0 Å². The lowest BCUT2D eigenvalue weighted by Gasteiger charge is -2.13. The van der Waals surface area contributed by atoms with Crippen molar-refractivity contribution in [3.05, 3.63) is 79.8 Å². The molecule has 1 atom stereocenters. The van der Waals surface area contributed by atoms with Crippen LogP contribution in [0, 0.1) is 10.1 Å². The highest BCUT2D eigenvalue weighted by Crippen LogP contribution is 2.33. The van der Waals surface area contributed by atoms with Gasteiger partial charge in [-0.05, 0) is 29.8 Å². The van der Waals surface area contributed by atoms with Crippen LogP contribution in [0.4, 0.5) is 5.69 Å². The van der Waals surface area contributed by atoms with Crippen molar-refractivity contribution in [1.29, 1.82) is 0 Å². The molecular formula is C17H11BrN2O5. The summed E-state index contributed by atoms with van der Waals surface area (Å²) < 4.78 is 0.799. The van der Waals surface area contributed by atoms with Gasteiger partial charge in [-0.1, -0.05) is 28.1 Å². The Kier molecular flexibility index (Phi) is 4.37. The topological polar surface area (TPSA) is 110 Å². The Morgan fingerprint density at radius 2 is 1.68 bits per heavy atom. The second-order valence-corrected chi connectivity index (χ2v) is 6.27. The van der Waals surface area contributed by atoms with Gasteiger partial charge in [-0.25, -0.2) is 0 Å². The molecule has 2 aromatic rings. The smallest absolute Gasteiger partial charge is 0.293 e. The van der Waals surface area contributed by atoms with Crippen molar-refractivity contribution in [3.63, 3.8) is 0 Å². The van der Waals surface area contributed by atoms with Crippen LogP contribution in [-0.2, 0) is 9.59 Å². The summed E-state index contributed by atoms with van der Waals surface area (Å²) in [5.41, 5.74) is 0.654. The van der Waals surface area contributed by atoms with Crippen molar-refractivity contribution in [3.8, 4) is 0 Å². The van der Waals surface area contributed by atoms with Crippen LogP contribution in [0.2, 0.25) is 0 Å². The van der Waals surface area contributed by atoms with Gasteiger partial charge in [-0.15, -0.1) is 0 Å². The summed E-state index contributed by atoms with van der Waals surface area (Å²) in [6.45, 7) is 0. The second kappa shape index (κ2) is 6.48. The Bertz CT molecular complexity index is 904. The maximum Gasteiger partial charge on any atom is 0.293 e. The zero-order valence-electron chi connectivity index (χ0n) is 12.6. The number of nitro benzene ring substituents is 1. The van der Waals surface area contributed by atoms with Crippen molar-refractivity contribution in [2.24, 2.45) is 0 Å². The minimum Gasteiger partial charge on any atom is -0.507 e. The quantitative estimate of drug-likeness (QED) is 0.269. The van der Waals surface area contributed by atoms with E-state index in [0.29, 0.717) is 11.1 Å². The molecule has 25 heavy (non-hydrogen) atoms. The molecule has 7 nitrogen and oxygen atoms in total. The van der Waals surface area contributed by atoms with Gasteiger partial charge in [-0.2, -0.15) is 0 Å². The molecule has 0 aliphatic carbocycles. The number of nitrogens with zero attached hydrogens (tertiary/aromatic N) is 1.